The van der Waals surface area contributed by atoms with E-state index in [1.807, 2.05) is 30.3 Å². The number of carbonyl (C=O) groups is 1. The van der Waals surface area contributed by atoms with Crippen LogP contribution in [0.15, 0.2) is 43.1 Å². The predicted molar refractivity (Wildman–Crippen MR) is 83.3 cm³/mol. The predicted octanol–water partition coefficient (Wildman–Crippen LogP) is 3.49. The molecule has 0 bridgehead atoms. The maximum absolute atomic E-state index is 12.2. The number of nitrogens with zero attached hydrogens (tertiary/aromatic N) is 2. The molecule has 0 fully saturated rings. The van der Waals surface area contributed by atoms with Gasteiger partial charge in [0.2, 0.25) is 0 Å². The number of aromatic nitrogens is 2. The minimum Gasteiger partial charge on any atom is -0.492 e. The maximum Gasteiger partial charge on any atom is 0.359 e. The number of carbonyl (C=O) groups excluding carboxylic acids is 1. The number of ether oxygens (including phenoxy) is 2. The highest BCUT2D eigenvalue weighted by Gasteiger charge is 2.20. The summed E-state index contributed by atoms with van der Waals surface area (Å²) in [6.45, 7) is 6.07. The Morgan fingerprint density at radius 1 is 1.23 bits per heavy atom. The van der Waals surface area contributed by atoms with Crippen molar-refractivity contribution in [3.8, 4) is 0 Å². The Bertz CT molecular complexity index is 674. The molecule has 0 atom stereocenters. The van der Waals surface area contributed by atoms with Crippen LogP contribution in [0.2, 0.25) is 5.15 Å². The monoisotopic (exact) mass is 318 g/mol. The van der Waals surface area contributed by atoms with E-state index in [9.17, 15) is 4.79 Å². The fourth-order valence-corrected chi connectivity index (χ4v) is 1.88. The van der Waals surface area contributed by atoms with Gasteiger partial charge in [-0.1, -0.05) is 48.5 Å². The first-order chi connectivity index (χ1) is 10.6. The average Bonchev–Trinajstić information content (AvgIpc) is 2.53. The SMILES string of the molecule is C=C(OCC)c1nc(Cl)cnc1C(=O)OCc1ccccc1. The van der Waals surface area contributed by atoms with Gasteiger partial charge in [-0.2, -0.15) is 0 Å². The summed E-state index contributed by atoms with van der Waals surface area (Å²) in [7, 11) is 0. The van der Waals surface area contributed by atoms with Crippen molar-refractivity contribution in [2.75, 3.05) is 6.61 Å². The Morgan fingerprint density at radius 2 is 1.95 bits per heavy atom. The lowest BCUT2D eigenvalue weighted by atomic mass is 10.2. The molecule has 22 heavy (non-hydrogen) atoms. The fraction of sp³-hybridized carbons (Fsp3) is 0.188. The molecule has 0 saturated carbocycles. The van der Waals surface area contributed by atoms with Gasteiger partial charge in [0.1, 0.15) is 23.2 Å². The van der Waals surface area contributed by atoms with Crippen LogP contribution in [0.25, 0.3) is 5.76 Å². The van der Waals surface area contributed by atoms with Gasteiger partial charge in [-0.25, -0.2) is 14.8 Å². The molecule has 0 amide bonds. The van der Waals surface area contributed by atoms with E-state index in [1.54, 1.807) is 6.92 Å². The highest BCUT2D eigenvalue weighted by molar-refractivity contribution is 6.29. The van der Waals surface area contributed by atoms with Crippen LogP contribution in [-0.4, -0.2) is 22.5 Å². The van der Waals surface area contributed by atoms with Crippen LogP contribution >= 0.6 is 11.6 Å². The van der Waals surface area contributed by atoms with E-state index < -0.39 is 5.97 Å². The molecule has 0 aliphatic heterocycles. The second-order valence-electron chi connectivity index (χ2n) is 4.31. The van der Waals surface area contributed by atoms with Crippen molar-refractivity contribution in [1.82, 2.24) is 9.97 Å². The summed E-state index contributed by atoms with van der Waals surface area (Å²) in [5.74, 6) is -0.381. The van der Waals surface area contributed by atoms with Crippen LogP contribution in [0.5, 0.6) is 0 Å². The van der Waals surface area contributed by atoms with Crippen molar-refractivity contribution in [3.05, 3.63) is 65.2 Å². The van der Waals surface area contributed by atoms with E-state index >= 15 is 0 Å². The summed E-state index contributed by atoms with van der Waals surface area (Å²) >= 11 is 5.82. The molecule has 2 rings (SSSR count). The zero-order chi connectivity index (χ0) is 15.9. The molecule has 6 heteroatoms. The number of halogens is 1. The summed E-state index contributed by atoms with van der Waals surface area (Å²) in [6.07, 6.45) is 1.28. The summed E-state index contributed by atoms with van der Waals surface area (Å²) in [5, 5.41) is 0.149. The van der Waals surface area contributed by atoms with Gasteiger partial charge >= 0.3 is 5.97 Å². The molecule has 0 aliphatic carbocycles. The minimum absolute atomic E-state index is 0.0266. The van der Waals surface area contributed by atoms with Gasteiger partial charge in [-0.3, -0.25) is 0 Å². The molecule has 0 N–H and O–H groups in total. The molecule has 0 spiro atoms. The van der Waals surface area contributed by atoms with Gasteiger partial charge in [0, 0.05) is 0 Å². The topological polar surface area (TPSA) is 61.3 Å². The Kier molecular flexibility index (Phi) is 5.49. The van der Waals surface area contributed by atoms with E-state index in [0.717, 1.165) is 5.56 Å². The number of hydrogen-bond donors (Lipinski definition) is 0. The molecule has 114 valence electrons. The van der Waals surface area contributed by atoms with Gasteiger partial charge in [0.25, 0.3) is 0 Å². The molecular weight excluding hydrogens is 304 g/mol. The molecule has 0 unspecified atom stereocenters. The zero-order valence-electron chi connectivity index (χ0n) is 12.1. The van der Waals surface area contributed by atoms with Gasteiger partial charge in [-0.05, 0) is 12.5 Å². The molecule has 0 aliphatic rings. The lowest BCUT2D eigenvalue weighted by molar-refractivity contribution is 0.0464. The third kappa shape index (κ3) is 4.05. The van der Waals surface area contributed by atoms with Crippen molar-refractivity contribution < 1.29 is 14.3 Å². The van der Waals surface area contributed by atoms with Crippen LogP contribution < -0.4 is 0 Å². The second-order valence-corrected chi connectivity index (χ2v) is 4.70. The first-order valence-electron chi connectivity index (χ1n) is 6.67. The molecule has 1 aromatic heterocycles. The summed E-state index contributed by atoms with van der Waals surface area (Å²) in [6, 6.07) is 9.35. The van der Waals surface area contributed by atoms with Crippen molar-refractivity contribution in [3.63, 3.8) is 0 Å². The van der Waals surface area contributed by atoms with Crippen LogP contribution in [0, 0.1) is 0 Å². The fourth-order valence-electron chi connectivity index (χ4n) is 1.75. The third-order valence-electron chi connectivity index (χ3n) is 2.73. The minimum atomic E-state index is -0.608. The van der Waals surface area contributed by atoms with Crippen LogP contribution in [0.3, 0.4) is 0 Å². The van der Waals surface area contributed by atoms with Crippen LogP contribution in [-0.2, 0) is 16.1 Å². The first kappa shape index (κ1) is 16.0. The van der Waals surface area contributed by atoms with E-state index in [1.165, 1.54) is 6.20 Å². The molecular formula is C16H15ClN2O3. The Hall–Kier alpha value is -2.40. The Morgan fingerprint density at radius 3 is 2.64 bits per heavy atom. The Balaban J connectivity index is 2.16. The van der Waals surface area contributed by atoms with Crippen LogP contribution in [0.4, 0.5) is 0 Å². The van der Waals surface area contributed by atoms with E-state index in [4.69, 9.17) is 21.1 Å². The van der Waals surface area contributed by atoms with Crippen molar-refractivity contribution in [2.24, 2.45) is 0 Å². The van der Waals surface area contributed by atoms with E-state index in [2.05, 4.69) is 16.5 Å². The summed E-state index contributed by atoms with van der Waals surface area (Å²) in [4.78, 5) is 20.2. The normalized spacial score (nSPS) is 10.1. The van der Waals surface area contributed by atoms with Gasteiger partial charge in [-0.15, -0.1) is 0 Å². The lowest BCUT2D eigenvalue weighted by Gasteiger charge is -2.10. The number of rotatable bonds is 6. The largest absolute Gasteiger partial charge is 0.492 e. The third-order valence-corrected chi connectivity index (χ3v) is 2.91. The first-order valence-corrected chi connectivity index (χ1v) is 7.05. The molecule has 1 aromatic carbocycles. The lowest BCUT2D eigenvalue weighted by Crippen LogP contribution is -2.12. The van der Waals surface area contributed by atoms with E-state index in [-0.39, 0.29) is 28.9 Å². The highest BCUT2D eigenvalue weighted by atomic mass is 35.5. The molecule has 0 saturated heterocycles. The van der Waals surface area contributed by atoms with Gasteiger partial charge in [0.05, 0.1) is 12.8 Å². The molecule has 0 radical (unpaired) electrons. The van der Waals surface area contributed by atoms with Crippen molar-refractivity contribution in [1.29, 1.82) is 0 Å². The second kappa shape index (κ2) is 7.56. The quantitative estimate of drug-likeness (QED) is 0.602. The Labute approximate surface area is 133 Å². The maximum atomic E-state index is 12.2. The summed E-state index contributed by atoms with van der Waals surface area (Å²) < 4.78 is 10.5. The van der Waals surface area contributed by atoms with Crippen molar-refractivity contribution >= 4 is 23.3 Å². The smallest absolute Gasteiger partial charge is 0.359 e. The molecule has 5 nitrogen and oxygen atoms in total. The molecule has 2 aromatic rings. The number of esters is 1. The summed E-state index contributed by atoms with van der Waals surface area (Å²) in [5.41, 5.74) is 1.09. The van der Waals surface area contributed by atoms with Crippen molar-refractivity contribution in [2.45, 2.75) is 13.5 Å². The van der Waals surface area contributed by atoms with Crippen LogP contribution in [0.1, 0.15) is 28.7 Å². The van der Waals surface area contributed by atoms with Gasteiger partial charge in [0.15, 0.2) is 5.69 Å². The highest BCUT2D eigenvalue weighted by Crippen LogP contribution is 2.18. The number of benzene rings is 1. The number of hydrogen-bond acceptors (Lipinski definition) is 5. The molecule has 1 heterocycles. The van der Waals surface area contributed by atoms with E-state index in [0.29, 0.717) is 6.61 Å². The standard InChI is InChI=1S/C16H15ClN2O3/c1-3-21-11(2)14-15(18-9-13(17)19-14)16(20)22-10-12-7-5-4-6-8-12/h4-9H,2-3,10H2,1H3. The van der Waals surface area contributed by atoms with Gasteiger partial charge < -0.3 is 9.47 Å². The zero-order valence-corrected chi connectivity index (χ0v) is 12.8. The average molecular weight is 319 g/mol.